The first-order valence-corrected chi connectivity index (χ1v) is 6.44. The van der Waals surface area contributed by atoms with Crippen molar-refractivity contribution in [3.8, 4) is 0 Å². The fraction of sp³-hybridized carbons (Fsp3) is 0.417. The van der Waals surface area contributed by atoms with Gasteiger partial charge in [0.15, 0.2) is 0 Å². The highest BCUT2D eigenvalue weighted by Gasteiger charge is 2.13. The van der Waals surface area contributed by atoms with Gasteiger partial charge in [-0.15, -0.1) is 11.3 Å². The minimum atomic E-state index is 0.175. The van der Waals surface area contributed by atoms with Crippen molar-refractivity contribution in [3.05, 3.63) is 39.9 Å². The standard InChI is InChI=1S/C12H16N4S/c1-8-5-15-11(6-14-8)10(13-3)4-12-16-9(2)7-17-12/h5-7,10,13H,4H2,1-3H3. The molecule has 0 radical (unpaired) electrons. The molecule has 0 bridgehead atoms. The zero-order valence-electron chi connectivity index (χ0n) is 10.3. The zero-order chi connectivity index (χ0) is 12.3. The molecule has 0 fully saturated rings. The number of aromatic nitrogens is 3. The van der Waals surface area contributed by atoms with E-state index in [4.69, 9.17) is 0 Å². The molecule has 0 aliphatic carbocycles. The first-order chi connectivity index (χ1) is 8.19. The predicted molar refractivity (Wildman–Crippen MR) is 69.1 cm³/mol. The lowest BCUT2D eigenvalue weighted by Gasteiger charge is -2.13. The fourth-order valence-corrected chi connectivity index (χ4v) is 2.43. The van der Waals surface area contributed by atoms with E-state index in [1.807, 2.05) is 27.1 Å². The van der Waals surface area contributed by atoms with Gasteiger partial charge < -0.3 is 5.32 Å². The molecular formula is C12H16N4S. The van der Waals surface area contributed by atoms with Crippen molar-refractivity contribution >= 4 is 11.3 Å². The lowest BCUT2D eigenvalue weighted by Crippen LogP contribution is -2.20. The number of hydrogen-bond acceptors (Lipinski definition) is 5. The van der Waals surface area contributed by atoms with Crippen LogP contribution in [0.2, 0.25) is 0 Å². The Morgan fingerprint density at radius 1 is 1.24 bits per heavy atom. The van der Waals surface area contributed by atoms with E-state index in [0.29, 0.717) is 0 Å². The summed E-state index contributed by atoms with van der Waals surface area (Å²) in [6, 6.07) is 0.175. The number of hydrogen-bond donors (Lipinski definition) is 1. The molecule has 0 saturated carbocycles. The first kappa shape index (κ1) is 12.1. The maximum atomic E-state index is 4.47. The third kappa shape index (κ3) is 3.08. The van der Waals surface area contributed by atoms with Crippen LogP contribution in [-0.2, 0) is 6.42 Å². The monoisotopic (exact) mass is 248 g/mol. The Kier molecular flexibility index (Phi) is 3.81. The van der Waals surface area contributed by atoms with E-state index in [0.717, 1.165) is 28.5 Å². The molecule has 2 aromatic heterocycles. The summed E-state index contributed by atoms with van der Waals surface area (Å²) in [6.45, 7) is 3.95. The van der Waals surface area contributed by atoms with Crippen LogP contribution in [0.3, 0.4) is 0 Å². The Hall–Kier alpha value is -1.33. The van der Waals surface area contributed by atoms with E-state index in [1.165, 1.54) is 0 Å². The van der Waals surface area contributed by atoms with Crippen LogP contribution in [-0.4, -0.2) is 22.0 Å². The van der Waals surface area contributed by atoms with Gasteiger partial charge in [-0.1, -0.05) is 0 Å². The van der Waals surface area contributed by atoms with Crippen molar-refractivity contribution in [3.63, 3.8) is 0 Å². The Morgan fingerprint density at radius 2 is 2.06 bits per heavy atom. The van der Waals surface area contributed by atoms with E-state index >= 15 is 0 Å². The normalized spacial score (nSPS) is 12.6. The van der Waals surface area contributed by atoms with Gasteiger partial charge in [-0.25, -0.2) is 4.98 Å². The van der Waals surface area contributed by atoms with Gasteiger partial charge in [-0.2, -0.15) is 0 Å². The number of thiazole rings is 1. The molecular weight excluding hydrogens is 232 g/mol. The van der Waals surface area contributed by atoms with E-state index in [9.17, 15) is 0 Å². The summed E-state index contributed by atoms with van der Waals surface area (Å²) < 4.78 is 0. The molecule has 1 unspecified atom stereocenters. The summed E-state index contributed by atoms with van der Waals surface area (Å²) in [6.07, 6.45) is 4.48. The molecule has 0 aromatic carbocycles. The quantitative estimate of drug-likeness (QED) is 0.899. The number of aryl methyl sites for hydroxylation is 2. The summed E-state index contributed by atoms with van der Waals surface area (Å²) in [4.78, 5) is 13.2. The largest absolute Gasteiger partial charge is 0.311 e. The van der Waals surface area contributed by atoms with Crippen molar-refractivity contribution in [1.82, 2.24) is 20.3 Å². The number of nitrogens with zero attached hydrogens (tertiary/aromatic N) is 3. The van der Waals surface area contributed by atoms with E-state index < -0.39 is 0 Å². The highest BCUT2D eigenvalue weighted by molar-refractivity contribution is 7.09. The minimum Gasteiger partial charge on any atom is -0.311 e. The average Bonchev–Trinajstić information content (AvgIpc) is 2.73. The molecule has 2 aromatic rings. The number of rotatable bonds is 4. The molecule has 90 valence electrons. The highest BCUT2D eigenvalue weighted by atomic mass is 32.1. The summed E-state index contributed by atoms with van der Waals surface area (Å²) >= 11 is 1.69. The van der Waals surface area contributed by atoms with Crippen LogP contribution in [0, 0.1) is 13.8 Å². The van der Waals surface area contributed by atoms with Gasteiger partial charge in [0, 0.05) is 23.7 Å². The molecule has 0 spiro atoms. The second-order valence-electron chi connectivity index (χ2n) is 4.01. The Labute approximate surface area is 105 Å². The molecule has 1 N–H and O–H groups in total. The minimum absolute atomic E-state index is 0.175. The highest BCUT2D eigenvalue weighted by Crippen LogP contribution is 2.18. The third-order valence-electron chi connectivity index (χ3n) is 2.55. The van der Waals surface area contributed by atoms with Crippen molar-refractivity contribution in [2.75, 3.05) is 7.05 Å². The van der Waals surface area contributed by atoms with E-state index in [1.54, 1.807) is 17.5 Å². The second-order valence-corrected chi connectivity index (χ2v) is 4.95. The Bertz CT molecular complexity index is 478. The number of likely N-dealkylation sites (N-methyl/N-ethyl adjacent to an activating group) is 1. The summed E-state index contributed by atoms with van der Waals surface area (Å²) in [7, 11) is 1.94. The molecule has 0 saturated heterocycles. The molecule has 1 atom stereocenters. The summed E-state index contributed by atoms with van der Waals surface area (Å²) in [5.74, 6) is 0. The van der Waals surface area contributed by atoms with E-state index in [-0.39, 0.29) is 6.04 Å². The maximum Gasteiger partial charge on any atom is 0.0947 e. The SMILES string of the molecule is CNC(Cc1nc(C)cs1)c1cnc(C)cn1. The van der Waals surface area contributed by atoms with Crippen molar-refractivity contribution in [2.45, 2.75) is 26.3 Å². The van der Waals surface area contributed by atoms with Gasteiger partial charge >= 0.3 is 0 Å². The van der Waals surface area contributed by atoms with Crippen LogP contribution in [0.15, 0.2) is 17.8 Å². The second kappa shape index (κ2) is 5.33. The van der Waals surface area contributed by atoms with Crippen LogP contribution in [0.25, 0.3) is 0 Å². The third-order valence-corrected chi connectivity index (χ3v) is 3.54. The smallest absolute Gasteiger partial charge is 0.0947 e. The molecule has 0 aliphatic heterocycles. The average molecular weight is 248 g/mol. The van der Waals surface area contributed by atoms with Gasteiger partial charge in [0.05, 0.1) is 28.6 Å². The van der Waals surface area contributed by atoms with Gasteiger partial charge in [-0.05, 0) is 20.9 Å². The van der Waals surface area contributed by atoms with Gasteiger partial charge in [0.1, 0.15) is 0 Å². The predicted octanol–water partition coefficient (Wildman–Crippen LogP) is 2.05. The Morgan fingerprint density at radius 3 is 2.59 bits per heavy atom. The van der Waals surface area contributed by atoms with Gasteiger partial charge in [-0.3, -0.25) is 9.97 Å². The molecule has 2 heterocycles. The van der Waals surface area contributed by atoms with Gasteiger partial charge in [0.25, 0.3) is 0 Å². The van der Waals surface area contributed by atoms with Crippen LogP contribution in [0.5, 0.6) is 0 Å². The summed E-state index contributed by atoms with van der Waals surface area (Å²) in [5, 5.41) is 6.46. The first-order valence-electron chi connectivity index (χ1n) is 5.56. The molecule has 2 rings (SSSR count). The lowest BCUT2D eigenvalue weighted by atomic mass is 10.1. The molecule has 0 amide bonds. The summed E-state index contributed by atoms with van der Waals surface area (Å²) in [5.41, 5.74) is 2.98. The van der Waals surface area contributed by atoms with Crippen LogP contribution in [0.4, 0.5) is 0 Å². The molecule has 17 heavy (non-hydrogen) atoms. The molecule has 4 nitrogen and oxygen atoms in total. The van der Waals surface area contributed by atoms with Crippen molar-refractivity contribution in [2.24, 2.45) is 0 Å². The van der Waals surface area contributed by atoms with Crippen LogP contribution < -0.4 is 5.32 Å². The number of nitrogens with one attached hydrogen (secondary N) is 1. The maximum absolute atomic E-state index is 4.47. The zero-order valence-corrected chi connectivity index (χ0v) is 11.1. The molecule has 5 heteroatoms. The fourth-order valence-electron chi connectivity index (χ4n) is 1.61. The van der Waals surface area contributed by atoms with Crippen LogP contribution >= 0.6 is 11.3 Å². The topological polar surface area (TPSA) is 50.7 Å². The van der Waals surface area contributed by atoms with Crippen molar-refractivity contribution in [1.29, 1.82) is 0 Å². The van der Waals surface area contributed by atoms with Crippen molar-refractivity contribution < 1.29 is 0 Å². The van der Waals surface area contributed by atoms with Crippen LogP contribution in [0.1, 0.15) is 28.1 Å². The van der Waals surface area contributed by atoms with Gasteiger partial charge in [0.2, 0.25) is 0 Å². The van der Waals surface area contributed by atoms with E-state index in [2.05, 4.69) is 25.6 Å². The Balaban J connectivity index is 2.13. The molecule has 0 aliphatic rings. The lowest BCUT2D eigenvalue weighted by molar-refractivity contribution is 0.570.